The normalized spacial score (nSPS) is 27.4. The van der Waals surface area contributed by atoms with Crippen LogP contribution in [0.4, 0.5) is 4.39 Å². The van der Waals surface area contributed by atoms with Crippen molar-refractivity contribution in [2.45, 2.75) is 25.3 Å². The molecule has 0 bridgehead atoms. The van der Waals surface area contributed by atoms with Gasteiger partial charge in [0.15, 0.2) is 11.6 Å². The van der Waals surface area contributed by atoms with Crippen LogP contribution in [0, 0.1) is 5.82 Å². The molecule has 2 aliphatic heterocycles. The van der Waals surface area contributed by atoms with Gasteiger partial charge in [0, 0.05) is 5.54 Å². The summed E-state index contributed by atoms with van der Waals surface area (Å²) in [6.07, 6.45) is 2.14. The van der Waals surface area contributed by atoms with Crippen LogP contribution in [0.3, 0.4) is 0 Å². The van der Waals surface area contributed by atoms with Crippen molar-refractivity contribution in [3.05, 3.63) is 23.5 Å². The van der Waals surface area contributed by atoms with E-state index in [1.165, 1.54) is 0 Å². The highest BCUT2D eigenvalue weighted by atomic mass is 19.1. The lowest BCUT2D eigenvalue weighted by molar-refractivity contribution is 0.171. The number of hydrogen-bond acceptors (Lipinski definition) is 3. The quantitative estimate of drug-likeness (QED) is 0.791. The van der Waals surface area contributed by atoms with Crippen LogP contribution in [0.2, 0.25) is 0 Å². The second-order valence-corrected chi connectivity index (χ2v) is 4.55. The fourth-order valence-electron chi connectivity index (χ4n) is 2.43. The molecule has 0 aromatic heterocycles. The van der Waals surface area contributed by atoms with Crippen molar-refractivity contribution < 1.29 is 13.9 Å². The van der Waals surface area contributed by atoms with Gasteiger partial charge in [0.05, 0.1) is 0 Å². The summed E-state index contributed by atoms with van der Waals surface area (Å²) in [6.45, 7) is 3.18. The average molecular weight is 223 g/mol. The number of benzene rings is 1. The highest BCUT2D eigenvalue weighted by molar-refractivity contribution is 5.47. The molecule has 4 heteroatoms. The van der Waals surface area contributed by atoms with Gasteiger partial charge in [-0.05, 0) is 44.0 Å². The van der Waals surface area contributed by atoms with Crippen molar-refractivity contribution in [1.82, 2.24) is 5.32 Å². The van der Waals surface area contributed by atoms with E-state index in [4.69, 9.17) is 9.47 Å². The van der Waals surface area contributed by atoms with Crippen molar-refractivity contribution in [2.75, 3.05) is 13.3 Å². The molecule has 1 aromatic rings. The van der Waals surface area contributed by atoms with E-state index in [1.54, 1.807) is 6.07 Å². The molecule has 0 spiro atoms. The Kier molecular flexibility index (Phi) is 2.07. The van der Waals surface area contributed by atoms with Gasteiger partial charge in [-0.2, -0.15) is 0 Å². The smallest absolute Gasteiger partial charge is 0.231 e. The maximum Gasteiger partial charge on any atom is 0.231 e. The first-order valence-corrected chi connectivity index (χ1v) is 5.54. The third-order valence-electron chi connectivity index (χ3n) is 3.43. The number of hydrogen-bond donors (Lipinski definition) is 1. The summed E-state index contributed by atoms with van der Waals surface area (Å²) in [5, 5.41) is 3.40. The lowest BCUT2D eigenvalue weighted by atomic mass is 9.90. The lowest BCUT2D eigenvalue weighted by Crippen LogP contribution is -2.33. The Morgan fingerprint density at radius 3 is 3.00 bits per heavy atom. The Hall–Kier alpha value is -1.29. The zero-order chi connectivity index (χ0) is 11.2. The van der Waals surface area contributed by atoms with Crippen molar-refractivity contribution in [3.63, 3.8) is 0 Å². The predicted octanol–water partition coefficient (Wildman–Crippen LogP) is 2.15. The van der Waals surface area contributed by atoms with Gasteiger partial charge >= 0.3 is 0 Å². The zero-order valence-electron chi connectivity index (χ0n) is 9.18. The van der Waals surface area contributed by atoms with E-state index in [1.807, 2.05) is 6.07 Å². The van der Waals surface area contributed by atoms with E-state index in [9.17, 15) is 4.39 Å². The van der Waals surface area contributed by atoms with Crippen LogP contribution in [0.1, 0.15) is 25.3 Å². The van der Waals surface area contributed by atoms with Crippen molar-refractivity contribution in [2.24, 2.45) is 0 Å². The van der Waals surface area contributed by atoms with Crippen LogP contribution in [0.25, 0.3) is 0 Å². The molecule has 1 unspecified atom stereocenters. The van der Waals surface area contributed by atoms with Gasteiger partial charge in [-0.15, -0.1) is 0 Å². The summed E-state index contributed by atoms with van der Waals surface area (Å²) in [6, 6.07) is 3.43. The molecule has 1 aromatic carbocycles. The fraction of sp³-hybridized carbons (Fsp3) is 0.500. The van der Waals surface area contributed by atoms with Gasteiger partial charge in [0.25, 0.3) is 0 Å². The molecular formula is C12H14FNO2. The molecule has 3 nitrogen and oxygen atoms in total. The number of nitrogens with one attached hydrogen (secondary N) is 1. The Labute approximate surface area is 93.6 Å². The molecule has 2 aliphatic rings. The predicted molar refractivity (Wildman–Crippen MR) is 57.1 cm³/mol. The molecule has 0 aliphatic carbocycles. The van der Waals surface area contributed by atoms with Gasteiger partial charge in [-0.1, -0.05) is 0 Å². The van der Waals surface area contributed by atoms with Crippen LogP contribution in [0.5, 0.6) is 11.5 Å². The fourth-order valence-corrected chi connectivity index (χ4v) is 2.43. The lowest BCUT2D eigenvalue weighted by Gasteiger charge is -2.25. The van der Waals surface area contributed by atoms with Crippen LogP contribution < -0.4 is 14.8 Å². The third kappa shape index (κ3) is 1.37. The largest absolute Gasteiger partial charge is 0.453 e. The standard InChI is InChI=1S/C12H14FNO2/c1-12(3-2-4-14-12)8-5-9(13)11-10(6-8)15-7-16-11/h5-6,14H,2-4,7H2,1H3. The minimum atomic E-state index is -0.333. The summed E-state index contributed by atoms with van der Waals surface area (Å²) in [5.41, 5.74) is 0.800. The maximum atomic E-state index is 13.7. The topological polar surface area (TPSA) is 30.5 Å². The second kappa shape index (κ2) is 3.35. The summed E-state index contributed by atoms with van der Waals surface area (Å²) >= 11 is 0. The number of rotatable bonds is 1. The Bertz CT molecular complexity index is 427. The average Bonchev–Trinajstić information content (AvgIpc) is 2.86. The number of halogens is 1. The molecular weight excluding hydrogens is 209 g/mol. The first-order chi connectivity index (χ1) is 7.69. The van der Waals surface area contributed by atoms with Crippen LogP contribution >= 0.6 is 0 Å². The molecule has 1 fully saturated rings. The highest BCUT2D eigenvalue weighted by Gasteiger charge is 2.32. The van der Waals surface area contributed by atoms with E-state index >= 15 is 0 Å². The molecule has 16 heavy (non-hydrogen) atoms. The van der Waals surface area contributed by atoms with E-state index in [2.05, 4.69) is 12.2 Å². The molecule has 1 saturated heterocycles. The molecule has 0 saturated carbocycles. The Morgan fingerprint density at radius 1 is 1.38 bits per heavy atom. The van der Waals surface area contributed by atoms with Gasteiger partial charge in [-0.3, -0.25) is 0 Å². The van der Waals surface area contributed by atoms with Crippen LogP contribution in [-0.4, -0.2) is 13.3 Å². The third-order valence-corrected chi connectivity index (χ3v) is 3.43. The van der Waals surface area contributed by atoms with Crippen LogP contribution in [0.15, 0.2) is 12.1 Å². The first-order valence-electron chi connectivity index (χ1n) is 5.54. The SMILES string of the molecule is CC1(c2cc(F)c3c(c2)OCO3)CCCN1. The molecule has 3 rings (SSSR count). The minimum Gasteiger partial charge on any atom is -0.453 e. The van der Waals surface area contributed by atoms with Gasteiger partial charge in [0.2, 0.25) is 12.5 Å². The van der Waals surface area contributed by atoms with E-state index in [-0.39, 0.29) is 23.9 Å². The van der Waals surface area contributed by atoms with Crippen LogP contribution in [-0.2, 0) is 5.54 Å². The summed E-state index contributed by atoms with van der Waals surface area (Å²) in [7, 11) is 0. The van der Waals surface area contributed by atoms with E-state index in [0.717, 1.165) is 24.9 Å². The maximum absolute atomic E-state index is 13.7. The van der Waals surface area contributed by atoms with Crippen molar-refractivity contribution in [1.29, 1.82) is 0 Å². The molecule has 2 heterocycles. The highest BCUT2D eigenvalue weighted by Crippen LogP contribution is 2.40. The Morgan fingerprint density at radius 2 is 2.25 bits per heavy atom. The van der Waals surface area contributed by atoms with E-state index < -0.39 is 0 Å². The molecule has 1 N–H and O–H groups in total. The van der Waals surface area contributed by atoms with Crippen molar-refractivity contribution >= 4 is 0 Å². The molecule has 86 valence electrons. The summed E-state index contributed by atoms with van der Waals surface area (Å²) < 4.78 is 24.0. The molecule has 0 amide bonds. The van der Waals surface area contributed by atoms with Crippen molar-refractivity contribution in [3.8, 4) is 11.5 Å². The summed E-state index contributed by atoms with van der Waals surface area (Å²) in [4.78, 5) is 0. The number of ether oxygens (including phenoxy) is 2. The summed E-state index contributed by atoms with van der Waals surface area (Å²) in [5.74, 6) is 0.426. The van der Waals surface area contributed by atoms with Gasteiger partial charge in [-0.25, -0.2) is 4.39 Å². The first kappa shape index (κ1) is 9.90. The minimum absolute atomic E-state index is 0.111. The zero-order valence-corrected chi connectivity index (χ0v) is 9.18. The molecule has 1 atom stereocenters. The number of fused-ring (bicyclic) bond motifs is 1. The molecule has 0 radical (unpaired) electrons. The van der Waals surface area contributed by atoms with Gasteiger partial charge in [0.1, 0.15) is 0 Å². The van der Waals surface area contributed by atoms with E-state index in [0.29, 0.717) is 5.75 Å². The van der Waals surface area contributed by atoms with Gasteiger partial charge < -0.3 is 14.8 Å². The monoisotopic (exact) mass is 223 g/mol. The second-order valence-electron chi connectivity index (χ2n) is 4.55. The Balaban J connectivity index is 2.05.